The van der Waals surface area contributed by atoms with Gasteiger partial charge in [0.2, 0.25) is 0 Å². The molecule has 0 amide bonds. The van der Waals surface area contributed by atoms with Gasteiger partial charge in [-0.15, -0.1) is 0 Å². The monoisotopic (exact) mass is 1510 g/mol. The number of hydrogen-bond acceptors (Lipinski definition) is 4. The van der Waals surface area contributed by atoms with Crippen LogP contribution < -0.4 is 52.4 Å². The number of benzene rings is 12. The number of rotatable bonds is 9. The fourth-order valence-electron chi connectivity index (χ4n) is 25.9. The molecule has 24 rings (SSSR count). The lowest BCUT2D eigenvalue weighted by atomic mass is 9.33. The molecule has 0 radical (unpaired) electrons. The van der Waals surface area contributed by atoms with Gasteiger partial charge < -0.3 is 19.6 Å². The zero-order valence-corrected chi connectivity index (χ0v) is 70.9. The molecule has 12 aromatic carbocycles. The van der Waals surface area contributed by atoms with E-state index in [9.17, 15) is 0 Å². The molecule has 8 aliphatic carbocycles. The Balaban J connectivity index is 0.646. The molecule has 0 saturated heterocycles. The van der Waals surface area contributed by atoms with Gasteiger partial charge in [0.05, 0.1) is 0 Å². The van der Waals surface area contributed by atoms with Gasteiger partial charge in [-0.05, 0) is 367 Å². The Morgan fingerprint density at radius 3 is 1.04 bits per heavy atom. The van der Waals surface area contributed by atoms with E-state index < -0.39 is 0 Å². The van der Waals surface area contributed by atoms with Crippen LogP contribution in [0, 0.1) is 49.4 Å². The van der Waals surface area contributed by atoms with E-state index >= 15 is 0 Å². The molecule has 116 heavy (non-hydrogen) atoms. The molecule has 12 aliphatic rings. The minimum atomic E-state index is -0.0366. The van der Waals surface area contributed by atoms with Crippen LogP contribution in [0.2, 0.25) is 0 Å². The molecule has 12 aromatic rings. The van der Waals surface area contributed by atoms with Crippen molar-refractivity contribution in [2.45, 2.75) is 206 Å². The summed E-state index contributed by atoms with van der Waals surface area (Å²) in [5.41, 5.74) is 41.8. The molecule has 578 valence electrons. The van der Waals surface area contributed by atoms with E-state index in [0.717, 1.165) is 23.7 Å². The highest BCUT2D eigenvalue weighted by molar-refractivity contribution is 7.01. The largest absolute Gasteiger partial charge is 0.311 e. The van der Waals surface area contributed by atoms with Gasteiger partial charge in [0.15, 0.2) is 0 Å². The second kappa shape index (κ2) is 25.7. The zero-order chi connectivity index (χ0) is 79.2. The van der Waals surface area contributed by atoms with Gasteiger partial charge in [0, 0.05) is 68.2 Å². The topological polar surface area (TPSA) is 13.0 Å². The number of aryl methyl sites for hydroxylation is 2. The first-order valence-electron chi connectivity index (χ1n) is 44.3. The average Bonchev–Trinajstić information content (AvgIpc) is 0.696. The van der Waals surface area contributed by atoms with Crippen molar-refractivity contribution in [1.82, 2.24) is 0 Å². The van der Waals surface area contributed by atoms with Crippen LogP contribution in [0.4, 0.5) is 68.2 Å². The SMILES string of the molecule is Cc1cc(C)cc(N2c3ccc(C45CC6CC(C4)C(c4ccc(-c7cc(-c8ccccc8)cc(N8c9ccc(C%10%11CC%12CC(CC(C%12)C%10)C%11)cc9B9c%10cc(C(C)(C)C)ccc%10N(c%10ccc(C(C)(C)C)cc%10)c%10cccc8c%109)c7)cc4)C(C6)C5)cc3B3c4cc(C(C)(C)C)ccc4N(c4ccc(C(C)(C)C)cc4)c4cccc2c43)c1. The Labute approximate surface area is 692 Å². The Bertz CT molecular complexity index is 5930. The van der Waals surface area contributed by atoms with Gasteiger partial charge >= 0.3 is 0 Å². The van der Waals surface area contributed by atoms with Crippen molar-refractivity contribution in [3.8, 4) is 22.3 Å². The summed E-state index contributed by atoms with van der Waals surface area (Å²) in [6, 6.07) is 101. The fraction of sp³-hybridized carbons (Fsp3) is 0.345. The van der Waals surface area contributed by atoms with Crippen molar-refractivity contribution in [3.05, 3.63) is 299 Å². The highest BCUT2D eigenvalue weighted by Gasteiger charge is 2.58. The third-order valence-electron chi connectivity index (χ3n) is 30.6. The number of hydrogen-bond donors (Lipinski definition) is 0. The Hall–Kier alpha value is -10.0. The lowest BCUT2D eigenvalue weighted by Crippen LogP contribution is -2.62. The second-order valence-electron chi connectivity index (χ2n) is 42.4. The van der Waals surface area contributed by atoms with Gasteiger partial charge in [0.25, 0.3) is 13.4 Å². The molecule has 6 heteroatoms. The number of fused-ring (bicyclic) bond motifs is 8. The van der Waals surface area contributed by atoms with Crippen molar-refractivity contribution in [3.63, 3.8) is 0 Å². The van der Waals surface area contributed by atoms with Crippen LogP contribution >= 0.6 is 0 Å². The molecule has 8 saturated carbocycles. The number of anilines is 12. The second-order valence-corrected chi connectivity index (χ2v) is 42.4. The summed E-state index contributed by atoms with van der Waals surface area (Å²) >= 11 is 0. The maximum Gasteiger partial charge on any atom is 0.252 e. The zero-order valence-electron chi connectivity index (χ0n) is 70.9. The van der Waals surface area contributed by atoms with E-state index in [-0.39, 0.29) is 45.9 Å². The summed E-state index contributed by atoms with van der Waals surface area (Å²) in [6.45, 7) is 32.9. The van der Waals surface area contributed by atoms with Gasteiger partial charge in [-0.25, -0.2) is 0 Å². The van der Waals surface area contributed by atoms with Crippen LogP contribution in [-0.4, -0.2) is 13.4 Å². The van der Waals surface area contributed by atoms with Crippen LogP contribution in [0.3, 0.4) is 0 Å². The molecule has 2 unspecified atom stereocenters. The van der Waals surface area contributed by atoms with E-state index in [4.69, 9.17) is 0 Å². The lowest BCUT2D eigenvalue weighted by Gasteiger charge is -2.61. The van der Waals surface area contributed by atoms with Crippen molar-refractivity contribution >= 4 is 114 Å². The van der Waals surface area contributed by atoms with Crippen molar-refractivity contribution in [1.29, 1.82) is 0 Å². The molecule has 0 N–H and O–H groups in total. The number of nitrogens with zero attached hydrogens (tertiary/aromatic N) is 4. The van der Waals surface area contributed by atoms with Gasteiger partial charge in [0.1, 0.15) is 0 Å². The minimum Gasteiger partial charge on any atom is -0.311 e. The third kappa shape index (κ3) is 11.5. The van der Waals surface area contributed by atoms with Crippen LogP contribution in [-0.2, 0) is 32.5 Å². The van der Waals surface area contributed by atoms with Gasteiger partial charge in [-0.2, -0.15) is 0 Å². The molecule has 4 heterocycles. The molecule has 8 fully saturated rings. The smallest absolute Gasteiger partial charge is 0.252 e. The summed E-state index contributed by atoms with van der Waals surface area (Å²) in [5.74, 6) is 5.05. The van der Waals surface area contributed by atoms with E-state index in [0.29, 0.717) is 17.8 Å². The van der Waals surface area contributed by atoms with Gasteiger partial charge in [-0.3, -0.25) is 0 Å². The molecule has 4 nitrogen and oxygen atoms in total. The molecular formula is C110H112B2N4. The van der Waals surface area contributed by atoms with Crippen LogP contribution in [0.15, 0.2) is 249 Å². The van der Waals surface area contributed by atoms with Crippen LogP contribution in [0.25, 0.3) is 22.3 Å². The molecule has 4 aliphatic heterocycles. The van der Waals surface area contributed by atoms with Crippen LogP contribution in [0.1, 0.15) is 210 Å². The highest BCUT2D eigenvalue weighted by Crippen LogP contribution is 2.66. The molecule has 0 aromatic heterocycles. The first-order valence-corrected chi connectivity index (χ1v) is 44.3. The Morgan fingerprint density at radius 1 is 0.276 bits per heavy atom. The maximum atomic E-state index is 2.79. The van der Waals surface area contributed by atoms with Crippen molar-refractivity contribution < 1.29 is 0 Å². The summed E-state index contributed by atoms with van der Waals surface area (Å²) in [7, 11) is 0. The molecular weight excluding hydrogens is 1400 g/mol. The van der Waals surface area contributed by atoms with Crippen molar-refractivity contribution in [2.24, 2.45) is 35.5 Å². The van der Waals surface area contributed by atoms with E-state index in [1.54, 1.807) is 11.1 Å². The summed E-state index contributed by atoms with van der Waals surface area (Å²) in [5, 5.41) is 0. The molecule has 2 atom stereocenters. The van der Waals surface area contributed by atoms with Crippen molar-refractivity contribution in [2.75, 3.05) is 19.6 Å². The summed E-state index contributed by atoms with van der Waals surface area (Å²) in [6.07, 6.45) is 14.7. The molecule has 0 spiro atoms. The van der Waals surface area contributed by atoms with E-state index in [1.807, 2.05) is 0 Å². The molecule has 8 bridgehead atoms. The van der Waals surface area contributed by atoms with Gasteiger partial charge in [-0.1, -0.05) is 229 Å². The highest BCUT2D eigenvalue weighted by atomic mass is 15.2. The minimum absolute atomic E-state index is 0.0328. The summed E-state index contributed by atoms with van der Waals surface area (Å²) < 4.78 is 0. The van der Waals surface area contributed by atoms with E-state index in [1.165, 1.54) is 233 Å². The Morgan fingerprint density at radius 2 is 0.629 bits per heavy atom. The summed E-state index contributed by atoms with van der Waals surface area (Å²) in [4.78, 5) is 10.6. The predicted molar refractivity (Wildman–Crippen MR) is 494 cm³/mol. The normalized spacial score (nSPS) is 23.6. The predicted octanol–water partition coefficient (Wildman–Crippen LogP) is 25.3. The first-order chi connectivity index (χ1) is 55.7. The fourth-order valence-corrected chi connectivity index (χ4v) is 25.9. The lowest BCUT2D eigenvalue weighted by molar-refractivity contribution is -0.0256. The standard InChI is InChI=1S/C110H112B2N4/c1-67-46-68(2)48-88(47-67)115-96-45-37-85(60-93(96)112-91-58-83(108(12,13)14)35-43-95(91)113(98-22-18-24-100(115)103(98)112)86-38-30-80(31-39-86)105(3,4)5)110-64-72-52-78(65-110)102(79(53-72)66-110)75-28-26-74(27-29-75)77-54-76(73-20-16-15-17-21-73)55-89(56-77)116-97-44-36-84(109-61-69-49-70(62-109)51-71(50-69)63-109)59-92(97)111-90-57-82(107(9,10)11)34-42-94(90)114(99-23-19-25-101(116)104(99)111)87-40-32-81(33-41-87)106(6,7)8/h15-48,54-60,69-72,78-79,102H,49-53,61-66H2,1-14H3. The van der Waals surface area contributed by atoms with E-state index in [2.05, 4.69) is 365 Å². The first kappa shape index (κ1) is 72.4. The van der Waals surface area contributed by atoms with Crippen LogP contribution in [0.5, 0.6) is 0 Å². The average molecular weight is 1510 g/mol. The Kier molecular flexibility index (Phi) is 16.1. The quantitative estimate of drug-likeness (QED) is 0.134. The maximum absolute atomic E-state index is 2.79. The third-order valence-corrected chi connectivity index (χ3v) is 30.6.